The SMILES string of the molecule is CC1COCCC1NCc1ccccc1. The Morgan fingerprint density at radius 1 is 1.33 bits per heavy atom. The van der Waals surface area contributed by atoms with Gasteiger partial charge in [-0.3, -0.25) is 0 Å². The van der Waals surface area contributed by atoms with E-state index in [4.69, 9.17) is 4.74 Å². The third kappa shape index (κ3) is 3.05. The Bertz CT molecular complexity index is 286. The summed E-state index contributed by atoms with van der Waals surface area (Å²) in [5.74, 6) is 0.627. The van der Waals surface area contributed by atoms with E-state index in [1.165, 1.54) is 5.56 Å². The van der Waals surface area contributed by atoms with Gasteiger partial charge in [0.15, 0.2) is 0 Å². The van der Waals surface area contributed by atoms with Crippen LogP contribution in [-0.2, 0) is 11.3 Å². The number of nitrogens with one attached hydrogen (secondary N) is 1. The number of hydrogen-bond acceptors (Lipinski definition) is 2. The first-order chi connectivity index (χ1) is 7.36. The first-order valence-corrected chi connectivity index (χ1v) is 5.71. The highest BCUT2D eigenvalue weighted by atomic mass is 16.5. The van der Waals surface area contributed by atoms with Gasteiger partial charge >= 0.3 is 0 Å². The van der Waals surface area contributed by atoms with Crippen molar-refractivity contribution in [1.29, 1.82) is 0 Å². The van der Waals surface area contributed by atoms with Crippen molar-refractivity contribution in [3.8, 4) is 0 Å². The number of hydrogen-bond donors (Lipinski definition) is 1. The summed E-state index contributed by atoms with van der Waals surface area (Å²) in [4.78, 5) is 0. The van der Waals surface area contributed by atoms with Crippen LogP contribution in [0.15, 0.2) is 30.3 Å². The van der Waals surface area contributed by atoms with Crippen LogP contribution in [0.3, 0.4) is 0 Å². The van der Waals surface area contributed by atoms with Gasteiger partial charge in [0.1, 0.15) is 0 Å². The van der Waals surface area contributed by atoms with E-state index in [9.17, 15) is 0 Å². The van der Waals surface area contributed by atoms with E-state index in [0.29, 0.717) is 12.0 Å². The van der Waals surface area contributed by atoms with Gasteiger partial charge in [-0.1, -0.05) is 37.3 Å². The van der Waals surface area contributed by atoms with E-state index in [1.54, 1.807) is 0 Å². The summed E-state index contributed by atoms with van der Waals surface area (Å²) in [6, 6.07) is 11.2. The Balaban J connectivity index is 1.82. The zero-order chi connectivity index (χ0) is 10.5. The summed E-state index contributed by atoms with van der Waals surface area (Å²) in [5, 5.41) is 3.61. The lowest BCUT2D eigenvalue weighted by Gasteiger charge is -2.29. The first kappa shape index (κ1) is 10.7. The zero-order valence-electron chi connectivity index (χ0n) is 9.28. The summed E-state index contributed by atoms with van der Waals surface area (Å²) >= 11 is 0. The minimum absolute atomic E-state index is 0.610. The van der Waals surface area contributed by atoms with Crippen LogP contribution in [0.2, 0.25) is 0 Å². The van der Waals surface area contributed by atoms with Gasteiger partial charge in [0.2, 0.25) is 0 Å². The summed E-state index contributed by atoms with van der Waals surface area (Å²) in [6.45, 7) is 5.01. The Labute approximate surface area is 91.6 Å². The monoisotopic (exact) mass is 205 g/mol. The van der Waals surface area contributed by atoms with Crippen molar-refractivity contribution in [1.82, 2.24) is 5.32 Å². The second-order valence-corrected chi connectivity index (χ2v) is 4.31. The maximum atomic E-state index is 5.42. The number of rotatable bonds is 3. The Morgan fingerprint density at radius 2 is 2.13 bits per heavy atom. The highest BCUT2D eigenvalue weighted by Crippen LogP contribution is 2.14. The summed E-state index contributed by atoms with van der Waals surface area (Å²) in [7, 11) is 0. The topological polar surface area (TPSA) is 21.3 Å². The van der Waals surface area contributed by atoms with E-state index in [1.807, 2.05) is 0 Å². The van der Waals surface area contributed by atoms with Gasteiger partial charge in [-0.05, 0) is 17.9 Å². The molecule has 2 nitrogen and oxygen atoms in total. The molecule has 1 aromatic carbocycles. The third-order valence-electron chi connectivity index (χ3n) is 3.05. The molecule has 82 valence electrons. The second kappa shape index (κ2) is 5.29. The number of benzene rings is 1. The standard InChI is InChI=1S/C13H19NO/c1-11-10-15-8-7-13(11)14-9-12-5-3-2-4-6-12/h2-6,11,13-14H,7-10H2,1H3. The van der Waals surface area contributed by atoms with Crippen LogP contribution in [0.1, 0.15) is 18.9 Å². The molecule has 0 aromatic heterocycles. The van der Waals surface area contributed by atoms with Crippen molar-refractivity contribution < 1.29 is 4.74 Å². The van der Waals surface area contributed by atoms with E-state index in [0.717, 1.165) is 26.2 Å². The normalized spacial score (nSPS) is 26.5. The van der Waals surface area contributed by atoms with Crippen LogP contribution in [0.4, 0.5) is 0 Å². The lowest BCUT2D eigenvalue weighted by atomic mass is 9.97. The molecular formula is C13H19NO. The molecule has 1 aliphatic rings. The van der Waals surface area contributed by atoms with Crippen LogP contribution in [-0.4, -0.2) is 19.3 Å². The largest absolute Gasteiger partial charge is 0.381 e. The Hall–Kier alpha value is -0.860. The molecule has 2 unspecified atom stereocenters. The van der Waals surface area contributed by atoms with Crippen LogP contribution in [0.5, 0.6) is 0 Å². The summed E-state index contributed by atoms with van der Waals surface area (Å²) in [5.41, 5.74) is 1.36. The van der Waals surface area contributed by atoms with Crippen LogP contribution in [0, 0.1) is 5.92 Å². The van der Waals surface area contributed by atoms with Gasteiger partial charge in [-0.2, -0.15) is 0 Å². The Kier molecular flexibility index (Phi) is 3.75. The van der Waals surface area contributed by atoms with Crippen LogP contribution < -0.4 is 5.32 Å². The molecule has 0 saturated carbocycles. The molecule has 2 atom stereocenters. The molecule has 0 amide bonds. The highest BCUT2D eigenvalue weighted by Gasteiger charge is 2.20. The molecule has 2 heteroatoms. The predicted molar refractivity (Wildman–Crippen MR) is 61.7 cm³/mol. The van der Waals surface area contributed by atoms with Gasteiger partial charge in [-0.15, -0.1) is 0 Å². The molecule has 0 radical (unpaired) electrons. The minimum atomic E-state index is 0.610. The fourth-order valence-electron chi connectivity index (χ4n) is 2.03. The van der Waals surface area contributed by atoms with Gasteiger partial charge in [0, 0.05) is 19.2 Å². The van der Waals surface area contributed by atoms with Crippen molar-refractivity contribution in [2.75, 3.05) is 13.2 Å². The quantitative estimate of drug-likeness (QED) is 0.817. The predicted octanol–water partition coefficient (Wildman–Crippen LogP) is 2.20. The van der Waals surface area contributed by atoms with Gasteiger partial charge in [0.25, 0.3) is 0 Å². The van der Waals surface area contributed by atoms with Crippen molar-refractivity contribution in [3.63, 3.8) is 0 Å². The van der Waals surface area contributed by atoms with Crippen molar-refractivity contribution in [3.05, 3.63) is 35.9 Å². The average molecular weight is 205 g/mol. The van der Waals surface area contributed by atoms with Crippen LogP contribution in [0.25, 0.3) is 0 Å². The Morgan fingerprint density at radius 3 is 2.87 bits per heavy atom. The van der Waals surface area contributed by atoms with Crippen molar-refractivity contribution in [2.45, 2.75) is 25.9 Å². The van der Waals surface area contributed by atoms with E-state index >= 15 is 0 Å². The smallest absolute Gasteiger partial charge is 0.0506 e. The molecule has 0 bridgehead atoms. The molecule has 0 spiro atoms. The average Bonchev–Trinajstić information content (AvgIpc) is 2.29. The maximum Gasteiger partial charge on any atom is 0.0506 e. The van der Waals surface area contributed by atoms with E-state index in [2.05, 4.69) is 42.6 Å². The van der Waals surface area contributed by atoms with E-state index < -0.39 is 0 Å². The lowest BCUT2D eigenvalue weighted by molar-refractivity contribution is 0.0386. The fourth-order valence-corrected chi connectivity index (χ4v) is 2.03. The zero-order valence-corrected chi connectivity index (χ0v) is 9.28. The molecule has 1 aromatic rings. The first-order valence-electron chi connectivity index (χ1n) is 5.71. The molecule has 1 fully saturated rings. The molecule has 1 saturated heterocycles. The van der Waals surface area contributed by atoms with Crippen LogP contribution >= 0.6 is 0 Å². The van der Waals surface area contributed by atoms with Gasteiger partial charge in [-0.25, -0.2) is 0 Å². The fraction of sp³-hybridized carbons (Fsp3) is 0.538. The molecule has 15 heavy (non-hydrogen) atoms. The highest BCUT2D eigenvalue weighted by molar-refractivity contribution is 5.14. The van der Waals surface area contributed by atoms with Crippen molar-refractivity contribution >= 4 is 0 Å². The molecule has 1 heterocycles. The minimum Gasteiger partial charge on any atom is -0.381 e. The molecule has 1 aliphatic heterocycles. The van der Waals surface area contributed by atoms with Crippen molar-refractivity contribution in [2.24, 2.45) is 5.92 Å². The third-order valence-corrected chi connectivity index (χ3v) is 3.05. The summed E-state index contributed by atoms with van der Waals surface area (Å²) in [6.07, 6.45) is 1.13. The number of ether oxygens (including phenoxy) is 1. The van der Waals surface area contributed by atoms with E-state index in [-0.39, 0.29) is 0 Å². The molecule has 2 rings (SSSR count). The summed E-state index contributed by atoms with van der Waals surface area (Å²) < 4.78 is 5.42. The molecule has 1 N–H and O–H groups in total. The van der Waals surface area contributed by atoms with Gasteiger partial charge < -0.3 is 10.1 Å². The second-order valence-electron chi connectivity index (χ2n) is 4.31. The van der Waals surface area contributed by atoms with Gasteiger partial charge in [0.05, 0.1) is 6.61 Å². The maximum absolute atomic E-state index is 5.42. The molecule has 0 aliphatic carbocycles. The lowest BCUT2D eigenvalue weighted by Crippen LogP contribution is -2.40. The molecular weight excluding hydrogens is 186 g/mol.